The summed E-state index contributed by atoms with van der Waals surface area (Å²) in [6, 6.07) is 7.11. The molecule has 0 fully saturated rings. The van der Waals surface area contributed by atoms with Crippen LogP contribution in [0.3, 0.4) is 0 Å². The second-order valence-electron chi connectivity index (χ2n) is 3.17. The Morgan fingerprint density at radius 2 is 2.12 bits per heavy atom. The van der Waals surface area contributed by atoms with Gasteiger partial charge in [0.05, 0.1) is 18.9 Å². The molecule has 2 N–H and O–H groups in total. The predicted octanol–water partition coefficient (Wildman–Crippen LogP) is 1.67. The molecule has 1 heterocycles. The molecule has 5 heteroatoms. The minimum absolute atomic E-state index is 0.195. The number of methoxy groups -OCH3 is 1. The molecule has 0 aliphatic rings. The molecule has 0 radical (unpaired) electrons. The number of H-pyrrole nitrogens is 1. The molecule has 82 valence electrons. The van der Waals surface area contributed by atoms with Crippen LogP contribution < -0.4 is 10.1 Å². The van der Waals surface area contributed by atoms with Crippen LogP contribution in [0.5, 0.6) is 5.75 Å². The number of benzene rings is 1. The lowest BCUT2D eigenvalue weighted by Gasteiger charge is -2.04. The van der Waals surface area contributed by atoms with Crippen LogP contribution in [0.25, 0.3) is 0 Å². The van der Waals surface area contributed by atoms with Crippen molar-refractivity contribution in [2.75, 3.05) is 12.4 Å². The van der Waals surface area contributed by atoms with Crippen LogP contribution in [-0.4, -0.2) is 23.2 Å². The number of nitrogens with one attached hydrogen (secondary N) is 2. The number of aromatic nitrogens is 2. The van der Waals surface area contributed by atoms with E-state index >= 15 is 0 Å². The minimum atomic E-state index is -0.195. The van der Waals surface area contributed by atoms with Gasteiger partial charge in [-0.05, 0) is 24.3 Å². The van der Waals surface area contributed by atoms with Crippen LogP contribution in [0.2, 0.25) is 0 Å². The molecule has 0 atom stereocenters. The highest BCUT2D eigenvalue weighted by Gasteiger charge is 2.06. The number of anilines is 1. The minimum Gasteiger partial charge on any atom is -0.497 e. The Morgan fingerprint density at radius 1 is 1.38 bits per heavy atom. The molecule has 1 amide bonds. The molecule has 1 aromatic carbocycles. The largest absolute Gasteiger partial charge is 0.497 e. The van der Waals surface area contributed by atoms with Crippen molar-refractivity contribution in [3.05, 3.63) is 42.2 Å². The van der Waals surface area contributed by atoms with Crippen molar-refractivity contribution < 1.29 is 9.53 Å². The van der Waals surface area contributed by atoms with Gasteiger partial charge in [0.1, 0.15) is 5.75 Å². The van der Waals surface area contributed by atoms with E-state index in [4.69, 9.17) is 4.74 Å². The highest BCUT2D eigenvalue weighted by atomic mass is 16.5. The van der Waals surface area contributed by atoms with Crippen LogP contribution in [-0.2, 0) is 0 Å². The van der Waals surface area contributed by atoms with Crippen molar-refractivity contribution in [2.24, 2.45) is 0 Å². The Bertz CT molecular complexity index is 462. The van der Waals surface area contributed by atoms with Crippen molar-refractivity contribution in [1.29, 1.82) is 0 Å². The maximum absolute atomic E-state index is 11.6. The summed E-state index contributed by atoms with van der Waals surface area (Å²) in [6.07, 6.45) is 3.01. The quantitative estimate of drug-likeness (QED) is 0.821. The van der Waals surface area contributed by atoms with E-state index in [2.05, 4.69) is 15.5 Å². The zero-order chi connectivity index (χ0) is 11.4. The topological polar surface area (TPSA) is 67.0 Å². The molecule has 2 rings (SSSR count). The molecular formula is C11H11N3O2. The molecule has 16 heavy (non-hydrogen) atoms. The van der Waals surface area contributed by atoms with Gasteiger partial charge in [0.25, 0.3) is 5.91 Å². The van der Waals surface area contributed by atoms with Crippen LogP contribution in [0.15, 0.2) is 36.7 Å². The van der Waals surface area contributed by atoms with Crippen LogP contribution in [0.1, 0.15) is 10.4 Å². The fourth-order valence-corrected chi connectivity index (χ4v) is 1.25. The predicted molar refractivity (Wildman–Crippen MR) is 59.5 cm³/mol. The van der Waals surface area contributed by atoms with Gasteiger partial charge in [0, 0.05) is 11.9 Å². The lowest BCUT2D eigenvalue weighted by atomic mass is 10.2. The molecule has 0 saturated carbocycles. The van der Waals surface area contributed by atoms with Gasteiger partial charge in [-0.1, -0.05) is 0 Å². The van der Waals surface area contributed by atoms with Gasteiger partial charge in [0.15, 0.2) is 0 Å². The van der Waals surface area contributed by atoms with Crippen molar-refractivity contribution in [2.45, 2.75) is 0 Å². The smallest absolute Gasteiger partial charge is 0.258 e. The Labute approximate surface area is 92.4 Å². The second-order valence-corrected chi connectivity index (χ2v) is 3.17. The zero-order valence-electron chi connectivity index (χ0n) is 8.73. The number of carbonyl (C=O) groups is 1. The molecule has 0 unspecified atom stereocenters. The summed E-state index contributed by atoms with van der Waals surface area (Å²) in [7, 11) is 1.60. The first kappa shape index (κ1) is 10.2. The fourth-order valence-electron chi connectivity index (χ4n) is 1.25. The number of amides is 1. The highest BCUT2D eigenvalue weighted by molar-refractivity contribution is 6.03. The third kappa shape index (κ3) is 2.20. The molecular weight excluding hydrogens is 206 g/mol. The molecule has 2 aromatic rings. The monoisotopic (exact) mass is 217 g/mol. The third-order valence-electron chi connectivity index (χ3n) is 2.11. The van der Waals surface area contributed by atoms with Gasteiger partial charge in [-0.15, -0.1) is 0 Å². The van der Waals surface area contributed by atoms with Gasteiger partial charge < -0.3 is 10.1 Å². The van der Waals surface area contributed by atoms with Crippen molar-refractivity contribution in [1.82, 2.24) is 10.2 Å². The van der Waals surface area contributed by atoms with Crippen LogP contribution >= 0.6 is 0 Å². The lowest BCUT2D eigenvalue weighted by Crippen LogP contribution is -2.10. The van der Waals surface area contributed by atoms with E-state index in [0.29, 0.717) is 11.3 Å². The number of aromatic amines is 1. The number of carbonyl (C=O) groups excluding carboxylic acids is 1. The summed E-state index contributed by atoms with van der Waals surface area (Å²) in [5, 5.41) is 9.03. The number of hydrogen-bond donors (Lipinski definition) is 2. The summed E-state index contributed by atoms with van der Waals surface area (Å²) in [5.74, 6) is 0.556. The number of ether oxygens (including phenoxy) is 1. The molecule has 0 saturated heterocycles. The third-order valence-corrected chi connectivity index (χ3v) is 2.11. The van der Waals surface area contributed by atoms with E-state index in [-0.39, 0.29) is 5.91 Å². The summed E-state index contributed by atoms with van der Waals surface area (Å²) >= 11 is 0. The first-order valence-electron chi connectivity index (χ1n) is 4.74. The second kappa shape index (κ2) is 4.48. The molecule has 0 aliphatic carbocycles. The van der Waals surface area contributed by atoms with Gasteiger partial charge in [0.2, 0.25) is 0 Å². The SMILES string of the molecule is COc1ccc(NC(=O)c2cn[nH]c2)cc1. The number of rotatable bonds is 3. The maximum Gasteiger partial charge on any atom is 0.258 e. The molecule has 1 aromatic heterocycles. The maximum atomic E-state index is 11.6. The van der Waals surface area contributed by atoms with Crippen molar-refractivity contribution >= 4 is 11.6 Å². The van der Waals surface area contributed by atoms with E-state index in [1.54, 1.807) is 37.6 Å². The van der Waals surface area contributed by atoms with Crippen molar-refractivity contribution in [3.63, 3.8) is 0 Å². The standard InChI is InChI=1S/C11H11N3O2/c1-16-10-4-2-9(3-5-10)14-11(15)8-6-12-13-7-8/h2-7H,1H3,(H,12,13)(H,14,15). The van der Waals surface area contributed by atoms with Crippen molar-refractivity contribution in [3.8, 4) is 5.75 Å². The zero-order valence-corrected chi connectivity index (χ0v) is 8.73. The molecule has 0 bridgehead atoms. The first-order chi connectivity index (χ1) is 7.79. The molecule has 5 nitrogen and oxygen atoms in total. The highest BCUT2D eigenvalue weighted by Crippen LogP contribution is 2.15. The summed E-state index contributed by atoms with van der Waals surface area (Å²) in [6.45, 7) is 0. The molecule has 0 spiro atoms. The summed E-state index contributed by atoms with van der Waals surface area (Å²) in [4.78, 5) is 11.6. The van der Waals surface area contributed by atoms with Gasteiger partial charge in [-0.25, -0.2) is 0 Å². The Balaban J connectivity index is 2.06. The first-order valence-corrected chi connectivity index (χ1v) is 4.74. The number of hydrogen-bond acceptors (Lipinski definition) is 3. The fraction of sp³-hybridized carbons (Fsp3) is 0.0909. The average Bonchev–Trinajstić information content (AvgIpc) is 2.83. The Kier molecular flexibility index (Phi) is 2.86. The van der Waals surface area contributed by atoms with Crippen LogP contribution in [0.4, 0.5) is 5.69 Å². The molecule has 0 aliphatic heterocycles. The van der Waals surface area contributed by atoms with E-state index in [1.807, 2.05) is 0 Å². The van der Waals surface area contributed by atoms with Crippen LogP contribution in [0, 0.1) is 0 Å². The Hall–Kier alpha value is -2.30. The van der Waals surface area contributed by atoms with E-state index in [9.17, 15) is 4.79 Å². The van der Waals surface area contributed by atoms with Gasteiger partial charge in [-0.3, -0.25) is 9.89 Å². The Morgan fingerprint density at radius 3 is 2.69 bits per heavy atom. The van der Waals surface area contributed by atoms with E-state index in [1.165, 1.54) is 6.20 Å². The van der Waals surface area contributed by atoms with Gasteiger partial charge in [-0.2, -0.15) is 5.10 Å². The lowest BCUT2D eigenvalue weighted by molar-refractivity contribution is 0.102. The number of nitrogens with zero attached hydrogens (tertiary/aromatic N) is 1. The van der Waals surface area contributed by atoms with E-state index < -0.39 is 0 Å². The average molecular weight is 217 g/mol. The summed E-state index contributed by atoms with van der Waals surface area (Å²) in [5.41, 5.74) is 1.21. The van der Waals surface area contributed by atoms with Gasteiger partial charge >= 0.3 is 0 Å². The summed E-state index contributed by atoms with van der Waals surface area (Å²) < 4.78 is 5.02. The normalized spacial score (nSPS) is 9.81. The van der Waals surface area contributed by atoms with E-state index in [0.717, 1.165) is 5.75 Å².